The number of benzene rings is 1. The fourth-order valence-electron chi connectivity index (χ4n) is 2.28. The van der Waals surface area contributed by atoms with Crippen molar-refractivity contribution in [3.8, 4) is 5.69 Å². The third-order valence-corrected chi connectivity index (χ3v) is 3.37. The van der Waals surface area contributed by atoms with E-state index in [0.717, 1.165) is 5.56 Å². The first kappa shape index (κ1) is 15.8. The third kappa shape index (κ3) is 3.74. The van der Waals surface area contributed by atoms with Gasteiger partial charge in [0.1, 0.15) is 0 Å². The molecule has 4 nitrogen and oxygen atoms in total. The molecule has 1 aromatic heterocycles. The highest BCUT2D eigenvalue weighted by molar-refractivity contribution is 5.86. The van der Waals surface area contributed by atoms with Crippen molar-refractivity contribution in [3.63, 3.8) is 0 Å². The molecule has 0 fully saturated rings. The molecule has 1 heterocycles. The second-order valence-corrected chi connectivity index (χ2v) is 5.17. The lowest BCUT2D eigenvalue weighted by atomic mass is 10.1. The van der Waals surface area contributed by atoms with Crippen molar-refractivity contribution in [2.24, 2.45) is 0 Å². The fraction of sp³-hybridized carbons (Fsp3) is 0.167. The van der Waals surface area contributed by atoms with Gasteiger partial charge in [-0.15, -0.1) is 0 Å². The number of rotatable bonds is 4. The number of hydrogen-bond donors (Lipinski definition) is 1. The van der Waals surface area contributed by atoms with Gasteiger partial charge in [0.2, 0.25) is 0 Å². The summed E-state index contributed by atoms with van der Waals surface area (Å²) in [5.41, 5.74) is 4.68. The number of carbonyl (C=O) groups is 1. The van der Waals surface area contributed by atoms with Crippen LogP contribution in [-0.2, 0) is 4.79 Å². The first-order valence-corrected chi connectivity index (χ1v) is 7.05. The summed E-state index contributed by atoms with van der Waals surface area (Å²) in [7, 11) is 1.29. The molecule has 1 aromatic carbocycles. The highest BCUT2D eigenvalue weighted by Crippen LogP contribution is 2.20. The van der Waals surface area contributed by atoms with Gasteiger partial charge in [-0.2, -0.15) is 0 Å². The maximum absolute atomic E-state index is 11.2. The number of amides is 1. The summed E-state index contributed by atoms with van der Waals surface area (Å²) < 4.78 is 2.10. The molecule has 2 rings (SSSR count). The van der Waals surface area contributed by atoms with Crippen molar-refractivity contribution in [2.75, 3.05) is 7.05 Å². The van der Waals surface area contributed by atoms with Crippen LogP contribution in [0.25, 0.3) is 11.8 Å². The van der Waals surface area contributed by atoms with Gasteiger partial charge in [-0.1, -0.05) is 36.4 Å². The van der Waals surface area contributed by atoms with Gasteiger partial charge < -0.3 is 4.57 Å². The Balaban J connectivity index is 2.14. The van der Waals surface area contributed by atoms with E-state index in [1.54, 1.807) is 12.2 Å². The fourth-order valence-corrected chi connectivity index (χ4v) is 2.28. The lowest BCUT2D eigenvalue weighted by Gasteiger charge is -2.10. The smallest absolute Gasteiger partial charge is 0.269 e. The summed E-state index contributed by atoms with van der Waals surface area (Å²) in [5.74, 6) is -0.460. The van der Waals surface area contributed by atoms with Gasteiger partial charge in [-0.3, -0.25) is 10.0 Å². The zero-order valence-electron chi connectivity index (χ0n) is 13.0. The molecule has 0 atom stereocenters. The molecule has 1 N–H and O–H groups in total. The summed E-state index contributed by atoms with van der Waals surface area (Å²) in [6.07, 6.45) is 10.6. The van der Waals surface area contributed by atoms with Crippen molar-refractivity contribution < 1.29 is 10.0 Å². The second-order valence-electron chi connectivity index (χ2n) is 5.17. The van der Waals surface area contributed by atoms with Crippen molar-refractivity contribution in [1.82, 2.24) is 9.63 Å². The molecule has 0 aliphatic carbocycles. The van der Waals surface area contributed by atoms with E-state index < -0.39 is 5.91 Å². The van der Waals surface area contributed by atoms with Crippen LogP contribution in [0.2, 0.25) is 0 Å². The molecule has 0 saturated carbocycles. The Morgan fingerprint density at radius 2 is 1.86 bits per heavy atom. The highest BCUT2D eigenvalue weighted by atomic mass is 16.5. The summed E-state index contributed by atoms with van der Waals surface area (Å²) in [6, 6.07) is 8.25. The van der Waals surface area contributed by atoms with E-state index in [1.807, 2.05) is 24.5 Å². The molecule has 0 radical (unpaired) electrons. The predicted octanol–water partition coefficient (Wildman–Crippen LogP) is 3.51. The van der Waals surface area contributed by atoms with E-state index in [-0.39, 0.29) is 0 Å². The molecule has 0 aliphatic rings. The van der Waals surface area contributed by atoms with Crippen LogP contribution in [0.4, 0.5) is 0 Å². The van der Waals surface area contributed by atoms with Crippen LogP contribution < -0.4 is 0 Å². The third-order valence-electron chi connectivity index (χ3n) is 3.37. The number of aromatic nitrogens is 1. The molecule has 1 amide bonds. The molecule has 0 spiro atoms. The number of carbonyl (C=O) groups excluding carboxylic acids is 1. The molecule has 0 aliphatic heterocycles. The van der Waals surface area contributed by atoms with E-state index in [0.29, 0.717) is 5.06 Å². The average molecular weight is 296 g/mol. The van der Waals surface area contributed by atoms with Gasteiger partial charge in [0.15, 0.2) is 0 Å². The monoisotopic (exact) mass is 296 g/mol. The molecular weight excluding hydrogens is 276 g/mol. The maximum Gasteiger partial charge on any atom is 0.269 e. The normalized spacial score (nSPS) is 11.5. The van der Waals surface area contributed by atoms with Crippen molar-refractivity contribution in [1.29, 1.82) is 0 Å². The summed E-state index contributed by atoms with van der Waals surface area (Å²) in [5, 5.41) is 9.47. The number of aryl methyl sites for hydroxylation is 2. The van der Waals surface area contributed by atoms with E-state index in [9.17, 15) is 4.79 Å². The number of nitrogens with zero attached hydrogens (tertiary/aromatic N) is 2. The Morgan fingerprint density at radius 1 is 1.18 bits per heavy atom. The Hall–Kier alpha value is -2.59. The quantitative estimate of drug-likeness (QED) is 0.406. The van der Waals surface area contributed by atoms with Crippen molar-refractivity contribution in [2.45, 2.75) is 13.8 Å². The molecular formula is C18H20N2O2. The molecule has 0 saturated heterocycles. The summed E-state index contributed by atoms with van der Waals surface area (Å²) >= 11 is 0. The van der Waals surface area contributed by atoms with Gasteiger partial charge >= 0.3 is 0 Å². The zero-order chi connectivity index (χ0) is 16.1. The minimum atomic E-state index is -0.460. The topological polar surface area (TPSA) is 45.5 Å². The van der Waals surface area contributed by atoms with Gasteiger partial charge in [0.05, 0.1) is 5.69 Å². The maximum atomic E-state index is 11.2. The lowest BCUT2D eigenvalue weighted by Crippen LogP contribution is -2.19. The number of likely N-dealkylation sites (N-methyl/N-ethyl adjacent to an activating group) is 1. The van der Waals surface area contributed by atoms with E-state index in [4.69, 9.17) is 5.21 Å². The minimum Gasteiger partial charge on any atom is -0.323 e. The molecule has 0 bridgehead atoms. The molecule has 114 valence electrons. The Bertz CT molecular complexity index is 704. The molecule has 4 heteroatoms. The van der Waals surface area contributed by atoms with Crippen LogP contribution in [-0.4, -0.2) is 27.8 Å². The van der Waals surface area contributed by atoms with Crippen LogP contribution in [0.1, 0.15) is 16.7 Å². The first-order valence-electron chi connectivity index (χ1n) is 7.05. The van der Waals surface area contributed by atoms with Crippen LogP contribution in [0.5, 0.6) is 0 Å². The van der Waals surface area contributed by atoms with Crippen LogP contribution in [0.15, 0.2) is 54.9 Å². The molecule has 22 heavy (non-hydrogen) atoms. The first-order chi connectivity index (χ1) is 10.5. The Morgan fingerprint density at radius 3 is 2.50 bits per heavy atom. The van der Waals surface area contributed by atoms with E-state index in [1.165, 1.54) is 29.9 Å². The van der Waals surface area contributed by atoms with Gasteiger partial charge in [0.25, 0.3) is 5.91 Å². The number of hydroxylamine groups is 2. The molecule has 2 aromatic rings. The van der Waals surface area contributed by atoms with Crippen LogP contribution >= 0.6 is 0 Å². The highest BCUT2D eigenvalue weighted by Gasteiger charge is 2.04. The van der Waals surface area contributed by atoms with Gasteiger partial charge in [-0.05, 0) is 36.6 Å². The lowest BCUT2D eigenvalue weighted by molar-refractivity contribution is -0.153. The van der Waals surface area contributed by atoms with E-state index >= 15 is 0 Å². The minimum absolute atomic E-state index is 0.460. The Labute approximate surface area is 130 Å². The van der Waals surface area contributed by atoms with Crippen LogP contribution in [0.3, 0.4) is 0 Å². The summed E-state index contributed by atoms with van der Waals surface area (Å²) in [6.45, 7) is 4.19. The Kier molecular flexibility index (Phi) is 4.96. The number of para-hydroxylation sites is 1. The van der Waals surface area contributed by atoms with Crippen LogP contribution in [0, 0.1) is 13.8 Å². The summed E-state index contributed by atoms with van der Waals surface area (Å²) in [4.78, 5) is 11.2. The number of allylic oxidation sites excluding steroid dienone is 2. The van der Waals surface area contributed by atoms with Gasteiger partial charge in [0, 0.05) is 25.5 Å². The average Bonchev–Trinajstić information content (AvgIpc) is 2.91. The van der Waals surface area contributed by atoms with Gasteiger partial charge in [-0.25, -0.2) is 5.06 Å². The van der Waals surface area contributed by atoms with Crippen molar-refractivity contribution in [3.05, 3.63) is 71.6 Å². The van der Waals surface area contributed by atoms with Crippen molar-refractivity contribution >= 4 is 12.0 Å². The second kappa shape index (κ2) is 6.91. The largest absolute Gasteiger partial charge is 0.323 e. The zero-order valence-corrected chi connectivity index (χ0v) is 13.0. The predicted molar refractivity (Wildman–Crippen MR) is 88.0 cm³/mol. The van der Waals surface area contributed by atoms with E-state index in [2.05, 4.69) is 36.6 Å². The molecule has 0 unspecified atom stereocenters. The SMILES string of the molecule is Cc1cccc(C)c1-n1ccc(C=CC=CC(=O)N(C)O)c1. The standard InChI is InChI=1S/C18H20N2O2/c1-14-7-6-8-15(2)18(14)20-12-11-16(13-20)9-4-5-10-17(21)19(3)22/h4-13,22H,1-3H3. The number of hydrogen-bond acceptors (Lipinski definition) is 2.